The Morgan fingerprint density at radius 3 is 2.65 bits per heavy atom. The van der Waals surface area contributed by atoms with Crippen molar-refractivity contribution in [1.82, 2.24) is 20.2 Å². The van der Waals surface area contributed by atoms with Crippen molar-refractivity contribution >= 4 is 79.2 Å². The van der Waals surface area contributed by atoms with Crippen LogP contribution in [0.25, 0.3) is 10.2 Å². The number of benzene rings is 1. The molecule has 5 heterocycles. The number of phenols is 2. The van der Waals surface area contributed by atoms with Gasteiger partial charge in [-0.15, -0.1) is 34.4 Å². The number of thiazole rings is 1. The van der Waals surface area contributed by atoms with Gasteiger partial charge in [0.05, 0.1) is 0 Å². The van der Waals surface area contributed by atoms with E-state index in [1.807, 2.05) is 17.5 Å². The summed E-state index contributed by atoms with van der Waals surface area (Å²) in [7, 11) is 0. The average Bonchev–Trinajstić information content (AvgIpc) is 3.67. The summed E-state index contributed by atoms with van der Waals surface area (Å²) in [4.78, 5) is 66.7. The van der Waals surface area contributed by atoms with E-state index in [0.29, 0.717) is 5.57 Å². The second-order valence-electron chi connectivity index (χ2n) is 10.0. The van der Waals surface area contributed by atoms with Crippen molar-refractivity contribution in [3.8, 4) is 11.5 Å². The van der Waals surface area contributed by atoms with Crippen molar-refractivity contribution in [1.29, 1.82) is 0 Å². The van der Waals surface area contributed by atoms with Gasteiger partial charge in [0.1, 0.15) is 27.6 Å². The van der Waals surface area contributed by atoms with Gasteiger partial charge in [-0.2, -0.15) is 0 Å². The lowest BCUT2D eigenvalue weighted by atomic mass is 9.99. The van der Waals surface area contributed by atoms with Crippen LogP contribution in [0, 0.1) is 0 Å². The van der Waals surface area contributed by atoms with E-state index < -0.39 is 58.5 Å². The highest BCUT2D eigenvalue weighted by Crippen LogP contribution is 2.41. The first kappa shape index (κ1) is 30.8. The van der Waals surface area contributed by atoms with Gasteiger partial charge in [0.15, 0.2) is 22.3 Å². The highest BCUT2D eigenvalue weighted by atomic mass is 32.2. The van der Waals surface area contributed by atoms with Crippen LogP contribution in [0.5, 0.6) is 11.5 Å². The molecule has 1 fully saturated rings. The molecule has 7 N–H and O–H groups in total. The predicted octanol–water partition coefficient (Wildman–Crippen LogP) is 2.27. The predicted molar refractivity (Wildman–Crippen MR) is 167 cm³/mol. The summed E-state index contributed by atoms with van der Waals surface area (Å²) in [5, 5.41) is 49.0. The molecule has 236 valence electrons. The van der Waals surface area contributed by atoms with Crippen molar-refractivity contribution in [2.45, 2.75) is 23.9 Å². The SMILES string of the molecule is Nc1nc(/C(=N/OC(C(=O)O)c2ccc(O)c(O)c2)C(=O)NC2C(=O)N3C(C(=O)O)=C(Cc4cnc5sccc5c4)CSC23)cs1. The number of aliphatic carboxylic acids is 2. The normalized spacial score (nSPS) is 18.6. The molecule has 3 unspecified atom stereocenters. The molecule has 0 radical (unpaired) electrons. The molecule has 6 rings (SSSR count). The topological polar surface area (TPSA) is 238 Å². The third-order valence-corrected chi connectivity index (χ3v) is 9.92. The summed E-state index contributed by atoms with van der Waals surface area (Å²) in [5.74, 6) is -5.23. The molecule has 15 nitrogen and oxygen atoms in total. The number of phenolic OH excluding ortho intramolecular Hbond substituents is 2. The number of carbonyl (C=O) groups is 4. The standard InChI is InChI=1S/C28H22N6O9S3/c29-28-31-15(10-46-28)18(33-43-21(27(41)42)12-1-2-16(35)17(36)7-12)22(37)32-19-24(38)34-20(26(39)40)14(9-45-25(19)34)6-11-5-13-3-4-44-23(13)30-8-11/h1-5,7-8,10,19,21,25,35-36H,6,9H2,(H2,29,31)(H,32,37)(H,39,40)(H,41,42)/b33-18-. The quantitative estimate of drug-likeness (QED) is 0.0610. The second kappa shape index (κ2) is 12.3. The number of carbonyl (C=O) groups excluding carboxylic acids is 2. The van der Waals surface area contributed by atoms with Crippen LogP contribution < -0.4 is 11.1 Å². The molecule has 2 amide bonds. The number of hydrogen-bond donors (Lipinski definition) is 6. The van der Waals surface area contributed by atoms with E-state index in [-0.39, 0.29) is 34.3 Å². The highest BCUT2D eigenvalue weighted by Gasteiger charge is 2.54. The van der Waals surface area contributed by atoms with Gasteiger partial charge in [-0.05, 0) is 47.2 Å². The molecule has 46 heavy (non-hydrogen) atoms. The summed E-state index contributed by atoms with van der Waals surface area (Å²) < 4.78 is 0. The van der Waals surface area contributed by atoms with E-state index in [4.69, 9.17) is 10.6 Å². The second-order valence-corrected chi connectivity index (χ2v) is 12.9. The third kappa shape index (κ3) is 5.80. The monoisotopic (exact) mass is 682 g/mol. The number of rotatable bonds is 10. The Labute approximate surface area is 270 Å². The van der Waals surface area contributed by atoms with E-state index in [9.17, 15) is 39.6 Å². The van der Waals surface area contributed by atoms with E-state index in [0.717, 1.165) is 44.1 Å². The number of amides is 2. The van der Waals surface area contributed by atoms with Crippen molar-refractivity contribution in [2.75, 3.05) is 11.5 Å². The number of nitrogen functional groups attached to an aromatic ring is 1. The number of nitrogens with zero attached hydrogens (tertiary/aromatic N) is 4. The van der Waals surface area contributed by atoms with Crippen LogP contribution >= 0.6 is 34.4 Å². The Balaban J connectivity index is 1.23. The molecule has 0 spiro atoms. The fraction of sp³-hybridized carbons (Fsp3) is 0.179. The van der Waals surface area contributed by atoms with Gasteiger partial charge in [0.2, 0.25) is 6.10 Å². The number of nitrogens with one attached hydrogen (secondary N) is 1. The van der Waals surface area contributed by atoms with E-state index in [1.165, 1.54) is 34.5 Å². The number of thiophene rings is 1. The lowest BCUT2D eigenvalue weighted by Crippen LogP contribution is -2.71. The summed E-state index contributed by atoms with van der Waals surface area (Å²) in [6.07, 6.45) is 0.137. The lowest BCUT2D eigenvalue weighted by molar-refractivity contribution is -0.151. The molecule has 4 aromatic rings. The Hall–Kier alpha value is -5.20. The minimum atomic E-state index is -1.81. The number of aromatic nitrogens is 2. The minimum absolute atomic E-state index is 0.0674. The van der Waals surface area contributed by atoms with Gasteiger partial charge in [0.25, 0.3) is 11.8 Å². The zero-order valence-corrected chi connectivity index (χ0v) is 25.6. The number of nitrogens with two attached hydrogens (primary N) is 1. The number of pyridine rings is 1. The molecular formula is C28H22N6O9S3. The Kier molecular flexibility index (Phi) is 8.24. The molecule has 3 aromatic heterocycles. The maximum atomic E-state index is 13.5. The molecule has 0 bridgehead atoms. The zero-order chi connectivity index (χ0) is 32.7. The molecule has 0 saturated carbocycles. The first-order valence-electron chi connectivity index (χ1n) is 13.2. The van der Waals surface area contributed by atoms with Crippen LogP contribution in [0.1, 0.15) is 22.9 Å². The van der Waals surface area contributed by atoms with Crippen LogP contribution in [-0.2, 0) is 30.4 Å². The van der Waals surface area contributed by atoms with Gasteiger partial charge in [-0.3, -0.25) is 14.5 Å². The summed E-state index contributed by atoms with van der Waals surface area (Å²) in [5.41, 5.74) is 6.23. The van der Waals surface area contributed by atoms with E-state index >= 15 is 0 Å². The average molecular weight is 683 g/mol. The van der Waals surface area contributed by atoms with Crippen molar-refractivity contribution in [3.63, 3.8) is 0 Å². The maximum Gasteiger partial charge on any atom is 0.352 e. The molecule has 0 aliphatic carbocycles. The van der Waals surface area contributed by atoms with Crippen molar-refractivity contribution < 1.29 is 44.4 Å². The van der Waals surface area contributed by atoms with Gasteiger partial charge in [0, 0.05) is 28.3 Å². The zero-order valence-electron chi connectivity index (χ0n) is 23.2. The molecular weight excluding hydrogens is 661 g/mol. The van der Waals surface area contributed by atoms with Crippen LogP contribution in [0.15, 0.2) is 63.7 Å². The molecule has 2 aliphatic heterocycles. The number of carboxylic acid groups (broad SMARTS) is 2. The Morgan fingerprint density at radius 2 is 1.96 bits per heavy atom. The molecule has 1 saturated heterocycles. The first-order valence-corrected chi connectivity index (χ1v) is 16.1. The number of aromatic hydroxyl groups is 2. The maximum absolute atomic E-state index is 13.5. The number of thioether (sulfide) groups is 1. The number of β-lactam (4-membered cyclic amide) rings is 1. The molecule has 2 aliphatic rings. The first-order chi connectivity index (χ1) is 22.0. The number of oxime groups is 1. The Morgan fingerprint density at radius 1 is 1.15 bits per heavy atom. The number of hydrogen-bond acceptors (Lipinski definition) is 14. The van der Waals surface area contributed by atoms with Crippen molar-refractivity contribution in [2.24, 2.45) is 5.16 Å². The fourth-order valence-electron chi connectivity index (χ4n) is 4.93. The summed E-state index contributed by atoms with van der Waals surface area (Å²) >= 11 is 3.74. The van der Waals surface area contributed by atoms with E-state index in [2.05, 4.69) is 20.4 Å². The van der Waals surface area contributed by atoms with Gasteiger partial charge in [-0.1, -0.05) is 11.2 Å². The Bertz CT molecular complexity index is 1970. The van der Waals surface area contributed by atoms with E-state index in [1.54, 1.807) is 6.20 Å². The smallest absolute Gasteiger partial charge is 0.352 e. The minimum Gasteiger partial charge on any atom is -0.504 e. The summed E-state index contributed by atoms with van der Waals surface area (Å²) in [6.45, 7) is 0. The third-order valence-electron chi connectivity index (χ3n) is 7.07. The number of anilines is 1. The van der Waals surface area contributed by atoms with Gasteiger partial charge in [-0.25, -0.2) is 19.6 Å². The molecule has 3 atom stereocenters. The van der Waals surface area contributed by atoms with Crippen LogP contribution in [0.2, 0.25) is 0 Å². The number of carboxylic acids is 2. The molecule has 18 heteroatoms. The lowest BCUT2D eigenvalue weighted by Gasteiger charge is -2.49. The molecule has 1 aromatic carbocycles. The van der Waals surface area contributed by atoms with Crippen LogP contribution in [0.3, 0.4) is 0 Å². The van der Waals surface area contributed by atoms with Crippen LogP contribution in [0.4, 0.5) is 5.13 Å². The largest absolute Gasteiger partial charge is 0.504 e. The van der Waals surface area contributed by atoms with Gasteiger partial charge >= 0.3 is 11.9 Å². The number of fused-ring (bicyclic) bond motifs is 2. The van der Waals surface area contributed by atoms with Gasteiger partial charge < -0.3 is 36.3 Å². The highest BCUT2D eigenvalue weighted by molar-refractivity contribution is 8.00. The summed E-state index contributed by atoms with van der Waals surface area (Å²) in [6, 6.07) is 5.92. The van der Waals surface area contributed by atoms with Crippen molar-refractivity contribution in [3.05, 3.63) is 75.4 Å². The fourth-order valence-corrected chi connectivity index (χ4v) is 7.55. The van der Waals surface area contributed by atoms with Crippen LogP contribution in [-0.4, -0.2) is 81.9 Å².